The SMILES string of the molecule is COc1ccccc1/C=C/C=c1sc2nc(=O)c(Cc3ccccc3)nn2c1=O. The smallest absolute Gasteiger partial charge is 0.296 e. The quantitative estimate of drug-likeness (QED) is 0.511. The van der Waals surface area contributed by atoms with Crippen LogP contribution in [0.1, 0.15) is 16.8 Å². The molecule has 2 heterocycles. The Hall–Kier alpha value is -3.58. The molecule has 0 atom stereocenters. The van der Waals surface area contributed by atoms with Gasteiger partial charge in [0.2, 0.25) is 4.96 Å². The molecule has 4 rings (SSSR count). The van der Waals surface area contributed by atoms with Crippen LogP contribution < -0.4 is 20.4 Å². The van der Waals surface area contributed by atoms with E-state index in [1.165, 1.54) is 4.52 Å². The van der Waals surface area contributed by atoms with Crippen molar-refractivity contribution in [2.75, 3.05) is 7.11 Å². The summed E-state index contributed by atoms with van der Waals surface area (Å²) in [4.78, 5) is 29.3. The molecule has 0 unspecified atom stereocenters. The molecule has 6 nitrogen and oxygen atoms in total. The summed E-state index contributed by atoms with van der Waals surface area (Å²) in [5.41, 5.74) is 1.38. The first kappa shape index (κ1) is 18.8. The molecule has 144 valence electrons. The molecule has 0 fully saturated rings. The van der Waals surface area contributed by atoms with E-state index in [0.29, 0.717) is 11.0 Å². The lowest BCUT2D eigenvalue weighted by atomic mass is 10.1. The summed E-state index contributed by atoms with van der Waals surface area (Å²) in [6.07, 6.45) is 5.65. The number of methoxy groups -OCH3 is 1. The van der Waals surface area contributed by atoms with Gasteiger partial charge in [0, 0.05) is 12.0 Å². The van der Waals surface area contributed by atoms with E-state index >= 15 is 0 Å². The Morgan fingerprint density at radius 3 is 2.62 bits per heavy atom. The Bertz CT molecular complexity index is 1360. The lowest BCUT2D eigenvalue weighted by Gasteiger charge is -2.02. The molecule has 2 aromatic carbocycles. The van der Waals surface area contributed by atoms with Gasteiger partial charge in [-0.2, -0.15) is 14.6 Å². The number of allylic oxidation sites excluding steroid dienone is 1. The zero-order valence-corrected chi connectivity index (χ0v) is 16.4. The highest BCUT2D eigenvalue weighted by Crippen LogP contribution is 2.18. The fraction of sp³-hybridized carbons (Fsp3) is 0.0909. The van der Waals surface area contributed by atoms with Crippen LogP contribution in [0.25, 0.3) is 17.1 Å². The van der Waals surface area contributed by atoms with Gasteiger partial charge in [-0.1, -0.05) is 72.0 Å². The molecule has 2 aromatic heterocycles. The number of aromatic nitrogens is 3. The summed E-state index contributed by atoms with van der Waals surface area (Å²) >= 11 is 1.14. The molecule has 7 heteroatoms. The summed E-state index contributed by atoms with van der Waals surface area (Å²) in [6.45, 7) is 0. The number of fused-ring (bicyclic) bond motifs is 1. The normalized spacial score (nSPS) is 12.1. The van der Waals surface area contributed by atoms with Gasteiger partial charge in [-0.15, -0.1) is 0 Å². The van der Waals surface area contributed by atoms with Crippen LogP contribution in [0.2, 0.25) is 0 Å². The maximum absolute atomic E-state index is 12.7. The number of nitrogens with zero attached hydrogens (tertiary/aromatic N) is 3. The van der Waals surface area contributed by atoms with Gasteiger partial charge in [0.25, 0.3) is 11.1 Å². The number of hydrogen-bond acceptors (Lipinski definition) is 6. The zero-order valence-electron chi connectivity index (χ0n) is 15.6. The first-order chi connectivity index (χ1) is 14.2. The van der Waals surface area contributed by atoms with Crippen molar-refractivity contribution in [3.63, 3.8) is 0 Å². The summed E-state index contributed by atoms with van der Waals surface area (Å²) in [5.74, 6) is 0.745. The summed E-state index contributed by atoms with van der Waals surface area (Å²) in [5, 5.41) is 4.26. The molecule has 0 N–H and O–H groups in total. The number of rotatable bonds is 5. The van der Waals surface area contributed by atoms with Crippen molar-refractivity contribution in [1.29, 1.82) is 0 Å². The number of benzene rings is 2. The third-order valence-electron chi connectivity index (χ3n) is 4.33. The van der Waals surface area contributed by atoms with Gasteiger partial charge in [0.05, 0.1) is 11.6 Å². The number of hydrogen-bond donors (Lipinski definition) is 0. The fourth-order valence-corrected chi connectivity index (χ4v) is 3.75. The van der Waals surface area contributed by atoms with Gasteiger partial charge in [-0.05, 0) is 17.7 Å². The van der Waals surface area contributed by atoms with E-state index in [1.807, 2.05) is 60.7 Å². The monoisotopic (exact) mass is 403 g/mol. The summed E-state index contributed by atoms with van der Waals surface area (Å²) in [6, 6.07) is 17.1. The first-order valence-electron chi connectivity index (χ1n) is 8.94. The van der Waals surface area contributed by atoms with Gasteiger partial charge in [0.1, 0.15) is 11.4 Å². The Morgan fingerprint density at radius 1 is 1.07 bits per heavy atom. The predicted octanol–water partition coefficient (Wildman–Crippen LogP) is 2.32. The minimum atomic E-state index is -0.411. The highest BCUT2D eigenvalue weighted by atomic mass is 32.1. The van der Waals surface area contributed by atoms with Crippen LogP contribution in [0, 0.1) is 0 Å². The average molecular weight is 403 g/mol. The molecule has 0 bridgehead atoms. The molecule has 0 aliphatic rings. The van der Waals surface area contributed by atoms with E-state index in [4.69, 9.17) is 4.74 Å². The Labute approximate surface area is 170 Å². The van der Waals surface area contributed by atoms with Crippen LogP contribution in [0.3, 0.4) is 0 Å². The van der Waals surface area contributed by atoms with Crippen LogP contribution in [0.5, 0.6) is 5.75 Å². The van der Waals surface area contributed by atoms with Crippen molar-refractivity contribution in [3.8, 4) is 5.75 Å². The highest BCUT2D eigenvalue weighted by Gasteiger charge is 2.11. The van der Waals surface area contributed by atoms with E-state index in [1.54, 1.807) is 19.3 Å². The maximum Gasteiger partial charge on any atom is 0.296 e. The number of ether oxygens (including phenoxy) is 1. The van der Waals surface area contributed by atoms with E-state index in [2.05, 4.69) is 10.1 Å². The van der Waals surface area contributed by atoms with E-state index in [0.717, 1.165) is 28.2 Å². The van der Waals surface area contributed by atoms with Crippen LogP contribution in [-0.4, -0.2) is 21.7 Å². The molecule has 4 aromatic rings. The second kappa shape index (κ2) is 8.20. The second-order valence-electron chi connectivity index (χ2n) is 6.26. The van der Waals surface area contributed by atoms with Crippen LogP contribution >= 0.6 is 11.3 Å². The van der Waals surface area contributed by atoms with Gasteiger partial charge < -0.3 is 4.74 Å². The van der Waals surface area contributed by atoms with Crippen molar-refractivity contribution in [3.05, 3.63) is 103 Å². The standard InChI is InChI=1S/C22H17N3O3S/c1-28-18-12-6-5-10-16(18)11-7-13-19-21(27)25-22(29-19)23-20(26)17(24-25)14-15-8-3-2-4-9-15/h2-13H,14H2,1H3/b11-7+,19-13?. The van der Waals surface area contributed by atoms with E-state index < -0.39 is 5.56 Å². The molecule has 0 saturated heterocycles. The molecular weight excluding hydrogens is 386 g/mol. The Morgan fingerprint density at radius 2 is 1.83 bits per heavy atom. The molecule has 29 heavy (non-hydrogen) atoms. The molecule has 0 saturated carbocycles. The lowest BCUT2D eigenvalue weighted by Crippen LogP contribution is -2.27. The highest BCUT2D eigenvalue weighted by molar-refractivity contribution is 7.15. The lowest BCUT2D eigenvalue weighted by molar-refractivity contribution is 0.414. The zero-order chi connectivity index (χ0) is 20.2. The van der Waals surface area contributed by atoms with Crippen molar-refractivity contribution in [1.82, 2.24) is 14.6 Å². The molecule has 0 aliphatic carbocycles. The third-order valence-corrected chi connectivity index (χ3v) is 5.30. The molecule has 0 radical (unpaired) electrons. The predicted molar refractivity (Wildman–Crippen MR) is 114 cm³/mol. The van der Waals surface area contributed by atoms with Crippen LogP contribution in [-0.2, 0) is 6.42 Å². The largest absolute Gasteiger partial charge is 0.496 e. The summed E-state index contributed by atoms with van der Waals surface area (Å²) in [7, 11) is 1.61. The third kappa shape index (κ3) is 4.00. The first-order valence-corrected chi connectivity index (χ1v) is 9.75. The van der Waals surface area contributed by atoms with Crippen molar-refractivity contribution in [2.45, 2.75) is 6.42 Å². The van der Waals surface area contributed by atoms with Crippen LogP contribution in [0.4, 0.5) is 0 Å². The van der Waals surface area contributed by atoms with Gasteiger partial charge in [0.15, 0.2) is 0 Å². The Kier molecular flexibility index (Phi) is 5.31. The van der Waals surface area contributed by atoms with Crippen LogP contribution in [0.15, 0.2) is 70.3 Å². The molecule has 0 spiro atoms. The minimum absolute atomic E-state index is 0.250. The van der Waals surface area contributed by atoms with Crippen molar-refractivity contribution >= 4 is 28.4 Å². The average Bonchev–Trinajstić information content (AvgIpc) is 3.04. The van der Waals surface area contributed by atoms with E-state index in [9.17, 15) is 9.59 Å². The number of para-hydroxylation sites is 1. The Balaban J connectivity index is 1.70. The minimum Gasteiger partial charge on any atom is -0.496 e. The van der Waals surface area contributed by atoms with Gasteiger partial charge in [-0.3, -0.25) is 9.59 Å². The van der Waals surface area contributed by atoms with E-state index in [-0.39, 0.29) is 16.2 Å². The second-order valence-corrected chi connectivity index (χ2v) is 7.27. The molecular formula is C22H17N3O3S. The molecule has 0 aliphatic heterocycles. The maximum atomic E-state index is 12.7. The van der Waals surface area contributed by atoms with Crippen molar-refractivity contribution < 1.29 is 4.74 Å². The van der Waals surface area contributed by atoms with Crippen molar-refractivity contribution in [2.24, 2.45) is 0 Å². The van der Waals surface area contributed by atoms with Gasteiger partial charge in [-0.25, -0.2) is 0 Å². The molecule has 0 amide bonds. The topological polar surface area (TPSA) is 73.6 Å². The summed E-state index contributed by atoms with van der Waals surface area (Å²) < 4.78 is 6.96. The number of thiazole rings is 1. The van der Waals surface area contributed by atoms with Gasteiger partial charge >= 0.3 is 0 Å². The fourth-order valence-electron chi connectivity index (χ4n) is 2.90.